The molecule has 2 rings (SSSR count). The van der Waals surface area contributed by atoms with Gasteiger partial charge in [0.05, 0.1) is 0 Å². The Balaban J connectivity index is 2.00. The fourth-order valence-corrected chi connectivity index (χ4v) is 2.43. The first-order valence-corrected chi connectivity index (χ1v) is 7.34. The third kappa shape index (κ3) is 3.91. The van der Waals surface area contributed by atoms with Gasteiger partial charge in [-0.15, -0.1) is 0 Å². The van der Waals surface area contributed by atoms with Crippen molar-refractivity contribution < 1.29 is 0 Å². The summed E-state index contributed by atoms with van der Waals surface area (Å²) in [7, 11) is 0. The van der Waals surface area contributed by atoms with E-state index < -0.39 is 0 Å². The number of nitrogens with two attached hydrogens (primary N) is 1. The van der Waals surface area contributed by atoms with Crippen molar-refractivity contribution in [1.29, 1.82) is 0 Å². The molecule has 1 atom stereocenters. The van der Waals surface area contributed by atoms with Gasteiger partial charge in [-0.1, -0.05) is 36.8 Å². The Morgan fingerprint density at radius 1 is 1.10 bits per heavy atom. The molecule has 2 aromatic rings. The van der Waals surface area contributed by atoms with Crippen LogP contribution in [0.5, 0.6) is 0 Å². The SMILES string of the molecule is CCc1ccc(CC(N)Cc2cc(C)ccc2C)nc1. The lowest BCUT2D eigenvalue weighted by Crippen LogP contribution is -2.26. The van der Waals surface area contributed by atoms with Crippen molar-refractivity contribution in [3.63, 3.8) is 0 Å². The van der Waals surface area contributed by atoms with E-state index in [2.05, 4.69) is 56.1 Å². The van der Waals surface area contributed by atoms with Crippen LogP contribution in [0.1, 0.15) is 34.9 Å². The zero-order valence-electron chi connectivity index (χ0n) is 12.7. The van der Waals surface area contributed by atoms with Crippen LogP contribution in [-0.4, -0.2) is 11.0 Å². The Labute approximate surface area is 122 Å². The highest BCUT2D eigenvalue weighted by Crippen LogP contribution is 2.14. The molecule has 0 spiro atoms. The molecule has 0 radical (unpaired) electrons. The van der Waals surface area contributed by atoms with Gasteiger partial charge in [0.2, 0.25) is 0 Å². The number of benzene rings is 1. The quantitative estimate of drug-likeness (QED) is 0.903. The minimum absolute atomic E-state index is 0.121. The first-order valence-electron chi connectivity index (χ1n) is 7.34. The van der Waals surface area contributed by atoms with Crippen molar-refractivity contribution in [2.75, 3.05) is 0 Å². The summed E-state index contributed by atoms with van der Waals surface area (Å²) < 4.78 is 0. The van der Waals surface area contributed by atoms with Crippen LogP contribution in [0.15, 0.2) is 36.5 Å². The van der Waals surface area contributed by atoms with Crippen LogP contribution in [-0.2, 0) is 19.3 Å². The highest BCUT2D eigenvalue weighted by atomic mass is 14.7. The third-order valence-corrected chi connectivity index (χ3v) is 3.75. The molecule has 0 bridgehead atoms. The number of aromatic nitrogens is 1. The summed E-state index contributed by atoms with van der Waals surface area (Å²) in [6.45, 7) is 6.41. The normalized spacial score (nSPS) is 12.4. The van der Waals surface area contributed by atoms with Gasteiger partial charge >= 0.3 is 0 Å². The smallest absolute Gasteiger partial charge is 0.0419 e. The molecule has 20 heavy (non-hydrogen) atoms. The number of rotatable bonds is 5. The molecule has 2 N–H and O–H groups in total. The minimum atomic E-state index is 0.121. The Hall–Kier alpha value is -1.67. The van der Waals surface area contributed by atoms with E-state index in [1.165, 1.54) is 22.3 Å². The van der Waals surface area contributed by atoms with Crippen LogP contribution in [0.4, 0.5) is 0 Å². The summed E-state index contributed by atoms with van der Waals surface area (Å²) in [6.07, 6.45) is 4.73. The van der Waals surface area contributed by atoms with E-state index in [1.807, 2.05) is 6.20 Å². The molecule has 2 nitrogen and oxygen atoms in total. The first-order chi connectivity index (χ1) is 9.58. The van der Waals surface area contributed by atoms with Crippen LogP contribution in [0, 0.1) is 13.8 Å². The molecule has 1 aromatic heterocycles. The highest BCUT2D eigenvalue weighted by molar-refractivity contribution is 5.31. The second kappa shape index (κ2) is 6.67. The molecule has 0 saturated heterocycles. The van der Waals surface area contributed by atoms with Crippen molar-refractivity contribution in [2.24, 2.45) is 5.73 Å². The van der Waals surface area contributed by atoms with Gasteiger partial charge in [-0.3, -0.25) is 4.98 Å². The maximum Gasteiger partial charge on any atom is 0.0419 e. The van der Waals surface area contributed by atoms with Gasteiger partial charge in [0.25, 0.3) is 0 Å². The van der Waals surface area contributed by atoms with Crippen molar-refractivity contribution >= 4 is 0 Å². The molecule has 1 unspecified atom stereocenters. The monoisotopic (exact) mass is 268 g/mol. The van der Waals surface area contributed by atoms with E-state index in [1.54, 1.807) is 0 Å². The van der Waals surface area contributed by atoms with Gasteiger partial charge < -0.3 is 5.73 Å². The van der Waals surface area contributed by atoms with E-state index in [9.17, 15) is 0 Å². The van der Waals surface area contributed by atoms with E-state index in [0.29, 0.717) is 0 Å². The molecule has 1 aromatic carbocycles. The van der Waals surface area contributed by atoms with Gasteiger partial charge in [0.1, 0.15) is 0 Å². The van der Waals surface area contributed by atoms with Gasteiger partial charge in [-0.25, -0.2) is 0 Å². The average molecular weight is 268 g/mol. The van der Waals surface area contributed by atoms with Crippen LogP contribution in [0.2, 0.25) is 0 Å². The van der Waals surface area contributed by atoms with Gasteiger partial charge in [0.15, 0.2) is 0 Å². The fraction of sp³-hybridized carbons (Fsp3) is 0.389. The Bertz CT molecular complexity index is 558. The fourth-order valence-electron chi connectivity index (χ4n) is 2.43. The van der Waals surface area contributed by atoms with Crippen LogP contribution in [0.3, 0.4) is 0 Å². The number of hydrogen-bond donors (Lipinski definition) is 1. The van der Waals surface area contributed by atoms with Crippen molar-refractivity contribution in [2.45, 2.75) is 46.1 Å². The summed E-state index contributed by atoms with van der Waals surface area (Å²) in [6, 6.07) is 10.9. The van der Waals surface area contributed by atoms with Gasteiger partial charge in [-0.2, -0.15) is 0 Å². The molecule has 0 aliphatic rings. The maximum absolute atomic E-state index is 6.29. The Morgan fingerprint density at radius 3 is 2.55 bits per heavy atom. The van der Waals surface area contributed by atoms with E-state index in [4.69, 9.17) is 5.73 Å². The average Bonchev–Trinajstić information content (AvgIpc) is 2.43. The molecular weight excluding hydrogens is 244 g/mol. The Kier molecular flexibility index (Phi) is 4.91. The molecule has 0 aliphatic heterocycles. The maximum atomic E-state index is 6.29. The number of aryl methyl sites for hydroxylation is 3. The van der Waals surface area contributed by atoms with Crippen LogP contribution in [0.25, 0.3) is 0 Å². The number of hydrogen-bond acceptors (Lipinski definition) is 2. The third-order valence-electron chi connectivity index (χ3n) is 3.75. The zero-order chi connectivity index (χ0) is 14.5. The summed E-state index contributed by atoms with van der Waals surface area (Å²) >= 11 is 0. The summed E-state index contributed by atoms with van der Waals surface area (Å²) in [4.78, 5) is 4.49. The van der Waals surface area contributed by atoms with E-state index >= 15 is 0 Å². The topological polar surface area (TPSA) is 38.9 Å². The van der Waals surface area contributed by atoms with Crippen molar-refractivity contribution in [3.05, 3.63) is 64.5 Å². The molecular formula is C18H24N2. The van der Waals surface area contributed by atoms with Crippen molar-refractivity contribution in [3.8, 4) is 0 Å². The molecule has 106 valence electrons. The largest absolute Gasteiger partial charge is 0.327 e. The number of nitrogens with zero attached hydrogens (tertiary/aromatic N) is 1. The molecule has 1 heterocycles. The molecule has 0 fully saturated rings. The molecule has 0 aliphatic carbocycles. The summed E-state index contributed by atoms with van der Waals surface area (Å²) in [5.41, 5.74) is 12.6. The van der Waals surface area contributed by atoms with Crippen molar-refractivity contribution in [1.82, 2.24) is 4.98 Å². The van der Waals surface area contributed by atoms with E-state index in [-0.39, 0.29) is 6.04 Å². The lowest BCUT2D eigenvalue weighted by molar-refractivity contribution is 0.651. The summed E-state index contributed by atoms with van der Waals surface area (Å²) in [5, 5.41) is 0. The lowest BCUT2D eigenvalue weighted by Gasteiger charge is -2.14. The second-order valence-corrected chi connectivity index (χ2v) is 5.61. The van der Waals surface area contributed by atoms with Crippen LogP contribution < -0.4 is 5.73 Å². The predicted octanol–water partition coefficient (Wildman–Crippen LogP) is 3.37. The Morgan fingerprint density at radius 2 is 1.90 bits per heavy atom. The number of pyridine rings is 1. The molecule has 0 saturated carbocycles. The second-order valence-electron chi connectivity index (χ2n) is 5.61. The zero-order valence-corrected chi connectivity index (χ0v) is 12.7. The van der Waals surface area contributed by atoms with E-state index in [0.717, 1.165) is 25.0 Å². The summed E-state index contributed by atoms with van der Waals surface area (Å²) in [5.74, 6) is 0. The van der Waals surface area contributed by atoms with Crippen LogP contribution >= 0.6 is 0 Å². The standard InChI is InChI=1S/C18H24N2/c1-4-15-7-8-18(20-12-15)11-17(19)10-16-9-13(2)5-6-14(16)3/h5-9,12,17H,4,10-11,19H2,1-3H3. The van der Waals surface area contributed by atoms with Gasteiger partial charge in [-0.05, 0) is 49.4 Å². The lowest BCUT2D eigenvalue weighted by atomic mass is 9.97. The molecule has 2 heteroatoms. The first kappa shape index (κ1) is 14.7. The predicted molar refractivity (Wildman–Crippen MR) is 84.9 cm³/mol. The highest BCUT2D eigenvalue weighted by Gasteiger charge is 2.08. The van der Waals surface area contributed by atoms with Gasteiger partial charge in [0, 0.05) is 24.4 Å². The molecule has 0 amide bonds. The minimum Gasteiger partial charge on any atom is -0.327 e.